The Labute approximate surface area is 119 Å². The summed E-state index contributed by atoms with van der Waals surface area (Å²) in [6, 6.07) is 10.5. The molecule has 1 saturated heterocycles. The third-order valence-electron chi connectivity index (χ3n) is 3.74. The molecule has 3 heteroatoms. The lowest BCUT2D eigenvalue weighted by atomic mass is 10.1. The van der Waals surface area contributed by atoms with Crippen LogP contribution in [0.3, 0.4) is 0 Å². The van der Waals surface area contributed by atoms with E-state index < -0.39 is 0 Å². The van der Waals surface area contributed by atoms with E-state index in [2.05, 4.69) is 32.9 Å². The molecule has 1 aliphatic rings. The Balaban J connectivity index is 1.81. The van der Waals surface area contributed by atoms with Crippen molar-refractivity contribution in [3.8, 4) is 23.5 Å². The summed E-state index contributed by atoms with van der Waals surface area (Å²) in [5.41, 5.74) is 2.20. The third-order valence-corrected chi connectivity index (χ3v) is 3.74. The second kappa shape index (κ2) is 5.85. The molecule has 0 bridgehead atoms. The minimum absolute atomic E-state index is 0.274. The van der Waals surface area contributed by atoms with Gasteiger partial charge < -0.3 is 0 Å². The largest absolute Gasteiger partial charge is 0.282 e. The number of rotatable bonds is 3. The van der Waals surface area contributed by atoms with Crippen molar-refractivity contribution in [1.29, 1.82) is 0 Å². The summed E-state index contributed by atoms with van der Waals surface area (Å²) in [6.45, 7) is 1.72. The second-order valence-corrected chi connectivity index (χ2v) is 5.03. The lowest BCUT2D eigenvalue weighted by molar-refractivity contribution is 0.279. The van der Waals surface area contributed by atoms with Gasteiger partial charge in [-0.1, -0.05) is 36.3 Å². The summed E-state index contributed by atoms with van der Waals surface area (Å²) in [4.78, 5) is 11.4. The maximum Gasteiger partial charge on any atom is 0.145 e. The van der Waals surface area contributed by atoms with E-state index in [4.69, 9.17) is 6.42 Å². The lowest BCUT2D eigenvalue weighted by Gasteiger charge is -2.20. The first-order chi connectivity index (χ1) is 9.88. The molecule has 1 unspecified atom stereocenters. The summed E-state index contributed by atoms with van der Waals surface area (Å²) in [7, 11) is 0. The Kier molecular flexibility index (Phi) is 3.76. The quantitative estimate of drug-likeness (QED) is 0.797. The Hall–Kier alpha value is -2.18. The van der Waals surface area contributed by atoms with E-state index in [0.29, 0.717) is 6.54 Å². The summed E-state index contributed by atoms with van der Waals surface area (Å²) < 4.78 is 0. The van der Waals surface area contributed by atoms with Crippen LogP contribution in [0.1, 0.15) is 24.7 Å². The van der Waals surface area contributed by atoms with Gasteiger partial charge >= 0.3 is 0 Å². The Morgan fingerprint density at radius 3 is 2.60 bits per heavy atom. The van der Waals surface area contributed by atoms with E-state index in [0.717, 1.165) is 36.3 Å². The maximum atomic E-state index is 5.42. The summed E-state index contributed by atoms with van der Waals surface area (Å²) >= 11 is 0. The van der Waals surface area contributed by atoms with Gasteiger partial charge in [0.2, 0.25) is 0 Å². The van der Waals surface area contributed by atoms with E-state index in [1.807, 2.05) is 30.6 Å². The Morgan fingerprint density at radius 2 is 1.90 bits per heavy atom. The SMILES string of the molecule is C#CCN1CCCC1c1ncc(-c2ccccc2)cn1. The highest BCUT2D eigenvalue weighted by Gasteiger charge is 2.27. The van der Waals surface area contributed by atoms with E-state index in [1.54, 1.807) is 0 Å². The number of benzene rings is 1. The number of hydrogen-bond donors (Lipinski definition) is 0. The fourth-order valence-electron chi connectivity index (χ4n) is 2.71. The van der Waals surface area contributed by atoms with Crippen molar-refractivity contribution in [2.75, 3.05) is 13.1 Å². The maximum absolute atomic E-state index is 5.42. The van der Waals surface area contributed by atoms with Crippen molar-refractivity contribution in [3.05, 3.63) is 48.5 Å². The van der Waals surface area contributed by atoms with Gasteiger partial charge in [0.15, 0.2) is 0 Å². The van der Waals surface area contributed by atoms with Crippen LogP contribution in [-0.4, -0.2) is 28.0 Å². The molecule has 0 saturated carbocycles. The van der Waals surface area contributed by atoms with Gasteiger partial charge in [0.1, 0.15) is 5.82 Å². The van der Waals surface area contributed by atoms with Crippen LogP contribution in [0.4, 0.5) is 0 Å². The monoisotopic (exact) mass is 263 g/mol. The first-order valence-corrected chi connectivity index (χ1v) is 6.93. The third kappa shape index (κ3) is 2.56. The minimum Gasteiger partial charge on any atom is -0.282 e. The fourth-order valence-corrected chi connectivity index (χ4v) is 2.71. The minimum atomic E-state index is 0.274. The van der Waals surface area contributed by atoms with Gasteiger partial charge in [0, 0.05) is 18.0 Å². The zero-order valence-electron chi connectivity index (χ0n) is 11.4. The average Bonchev–Trinajstić information content (AvgIpc) is 2.97. The number of hydrogen-bond acceptors (Lipinski definition) is 3. The smallest absolute Gasteiger partial charge is 0.145 e. The summed E-state index contributed by atoms with van der Waals surface area (Å²) in [5.74, 6) is 3.60. The molecule has 1 aliphatic heterocycles. The molecule has 0 radical (unpaired) electrons. The topological polar surface area (TPSA) is 29.0 Å². The van der Waals surface area contributed by atoms with Gasteiger partial charge in [-0.3, -0.25) is 4.90 Å². The Bertz CT molecular complexity index is 598. The molecule has 0 N–H and O–H groups in total. The van der Waals surface area contributed by atoms with Gasteiger partial charge in [-0.05, 0) is 24.9 Å². The van der Waals surface area contributed by atoms with Gasteiger partial charge in [0.25, 0.3) is 0 Å². The van der Waals surface area contributed by atoms with Crippen molar-refractivity contribution >= 4 is 0 Å². The molecule has 2 heterocycles. The molecule has 1 aromatic carbocycles. The van der Waals surface area contributed by atoms with Gasteiger partial charge in [-0.2, -0.15) is 0 Å². The highest BCUT2D eigenvalue weighted by atomic mass is 15.2. The van der Waals surface area contributed by atoms with Crippen molar-refractivity contribution in [2.24, 2.45) is 0 Å². The molecule has 3 nitrogen and oxygen atoms in total. The molecule has 2 aromatic rings. The number of likely N-dealkylation sites (tertiary alicyclic amines) is 1. The van der Waals surface area contributed by atoms with Gasteiger partial charge in [-0.15, -0.1) is 6.42 Å². The average molecular weight is 263 g/mol. The molecular weight excluding hydrogens is 246 g/mol. The van der Waals surface area contributed by atoms with Crippen LogP contribution < -0.4 is 0 Å². The zero-order valence-corrected chi connectivity index (χ0v) is 11.4. The fraction of sp³-hybridized carbons (Fsp3) is 0.294. The van der Waals surface area contributed by atoms with E-state index in [1.165, 1.54) is 0 Å². The molecule has 1 fully saturated rings. The summed E-state index contributed by atoms with van der Waals surface area (Å²) in [6.07, 6.45) is 11.5. The van der Waals surface area contributed by atoms with Crippen molar-refractivity contribution < 1.29 is 0 Å². The predicted molar refractivity (Wildman–Crippen MR) is 79.8 cm³/mol. The van der Waals surface area contributed by atoms with E-state index in [-0.39, 0.29) is 6.04 Å². The van der Waals surface area contributed by atoms with Gasteiger partial charge in [0.05, 0.1) is 12.6 Å². The highest BCUT2D eigenvalue weighted by molar-refractivity contribution is 5.60. The molecule has 0 aliphatic carbocycles. The molecule has 3 rings (SSSR count). The van der Waals surface area contributed by atoms with Crippen LogP contribution in [-0.2, 0) is 0 Å². The second-order valence-electron chi connectivity index (χ2n) is 5.03. The molecule has 0 spiro atoms. The van der Waals surface area contributed by atoms with Crippen LogP contribution in [0.2, 0.25) is 0 Å². The lowest BCUT2D eigenvalue weighted by Crippen LogP contribution is -2.24. The normalized spacial score (nSPS) is 18.9. The zero-order chi connectivity index (χ0) is 13.8. The first-order valence-electron chi connectivity index (χ1n) is 6.93. The molecular formula is C17H17N3. The van der Waals surface area contributed by atoms with Crippen molar-refractivity contribution in [3.63, 3.8) is 0 Å². The summed E-state index contributed by atoms with van der Waals surface area (Å²) in [5, 5.41) is 0. The van der Waals surface area contributed by atoms with Crippen LogP contribution >= 0.6 is 0 Å². The van der Waals surface area contributed by atoms with Crippen LogP contribution in [0.5, 0.6) is 0 Å². The number of terminal acetylenes is 1. The van der Waals surface area contributed by atoms with Gasteiger partial charge in [-0.25, -0.2) is 9.97 Å². The van der Waals surface area contributed by atoms with Crippen molar-refractivity contribution in [2.45, 2.75) is 18.9 Å². The number of aromatic nitrogens is 2. The van der Waals surface area contributed by atoms with Crippen LogP contribution in [0.25, 0.3) is 11.1 Å². The van der Waals surface area contributed by atoms with Crippen LogP contribution in [0.15, 0.2) is 42.7 Å². The van der Waals surface area contributed by atoms with Crippen LogP contribution in [0, 0.1) is 12.3 Å². The number of nitrogens with zero attached hydrogens (tertiary/aromatic N) is 3. The first kappa shape index (κ1) is 12.8. The Morgan fingerprint density at radius 1 is 1.15 bits per heavy atom. The van der Waals surface area contributed by atoms with E-state index >= 15 is 0 Å². The molecule has 1 aromatic heterocycles. The highest BCUT2D eigenvalue weighted by Crippen LogP contribution is 2.29. The molecule has 20 heavy (non-hydrogen) atoms. The van der Waals surface area contributed by atoms with E-state index in [9.17, 15) is 0 Å². The molecule has 100 valence electrons. The standard InChI is InChI=1S/C17H17N3/c1-2-10-20-11-6-9-16(20)17-18-12-15(13-19-17)14-7-4-3-5-8-14/h1,3-5,7-8,12-13,16H,6,9-11H2. The molecule has 1 atom stereocenters. The van der Waals surface area contributed by atoms with Crippen molar-refractivity contribution in [1.82, 2.24) is 14.9 Å². The predicted octanol–water partition coefficient (Wildman–Crippen LogP) is 2.91. The molecule has 0 amide bonds.